The molecule has 0 atom stereocenters. The standard InChI is InChI=1S/C78H84N2/c1-49-43-69(51(3)41-67(49)53-21-19-23-59(45-53)79(57-33-29-55(30-34-57)75(5,6)7)61-37-39-65-63-25-15-17-27-71(63)77(11,12)73(65)47-61)70-44-50(2)68(42-52(70)4)54-22-20-24-60(46-54)80(58-35-31-56(32-36-58)76(8,9)10)62-38-40-66-64-26-16-18-28-72(64)78(13,14)74(66)48-62/h15,17-18,23-25,27-37,39,41-48H,16,19-22,26,38,40H2,1-14H3. The van der Waals surface area contributed by atoms with Crippen molar-refractivity contribution < 1.29 is 0 Å². The van der Waals surface area contributed by atoms with Crippen molar-refractivity contribution in [3.8, 4) is 22.3 Å². The van der Waals surface area contributed by atoms with E-state index in [1.165, 1.54) is 135 Å². The van der Waals surface area contributed by atoms with Gasteiger partial charge in [-0.2, -0.15) is 0 Å². The summed E-state index contributed by atoms with van der Waals surface area (Å²) < 4.78 is 0. The molecule has 2 heteroatoms. The fourth-order valence-electron chi connectivity index (χ4n) is 14.5. The molecule has 0 saturated heterocycles. The second kappa shape index (κ2) is 19.8. The van der Waals surface area contributed by atoms with Gasteiger partial charge in [-0.3, -0.25) is 0 Å². The maximum absolute atomic E-state index is 2.61. The molecule has 6 aliphatic rings. The minimum atomic E-state index is -0.0892. The highest BCUT2D eigenvalue weighted by Crippen LogP contribution is 2.55. The molecule has 406 valence electrons. The number of anilines is 3. The molecular weight excluding hydrogens is 965 g/mol. The largest absolute Gasteiger partial charge is 0.315 e. The molecule has 0 aliphatic heterocycles. The van der Waals surface area contributed by atoms with E-state index in [0.29, 0.717) is 0 Å². The lowest BCUT2D eigenvalue weighted by molar-refractivity contribution is 0.566. The van der Waals surface area contributed by atoms with Gasteiger partial charge in [0.05, 0.1) is 0 Å². The van der Waals surface area contributed by atoms with Crippen LogP contribution >= 0.6 is 0 Å². The van der Waals surface area contributed by atoms with E-state index in [2.05, 4.69) is 265 Å². The van der Waals surface area contributed by atoms with Crippen molar-refractivity contribution in [2.75, 3.05) is 9.80 Å². The summed E-state index contributed by atoms with van der Waals surface area (Å²) in [5.74, 6) is 0. The van der Waals surface area contributed by atoms with Crippen LogP contribution in [0.3, 0.4) is 0 Å². The third-order valence-electron chi connectivity index (χ3n) is 19.1. The Morgan fingerprint density at radius 2 is 0.887 bits per heavy atom. The van der Waals surface area contributed by atoms with Crippen molar-refractivity contribution >= 4 is 28.2 Å². The van der Waals surface area contributed by atoms with Crippen LogP contribution in [0.2, 0.25) is 0 Å². The van der Waals surface area contributed by atoms with Crippen molar-refractivity contribution in [1.82, 2.24) is 0 Å². The summed E-state index contributed by atoms with van der Waals surface area (Å²) in [7, 11) is 0. The lowest BCUT2D eigenvalue weighted by Crippen LogP contribution is -2.25. The summed E-state index contributed by atoms with van der Waals surface area (Å²) in [6, 6.07) is 44.9. The number of fused-ring (bicyclic) bond motifs is 4. The summed E-state index contributed by atoms with van der Waals surface area (Å²) in [6.45, 7) is 32.8. The zero-order chi connectivity index (χ0) is 56.2. The van der Waals surface area contributed by atoms with Gasteiger partial charge < -0.3 is 9.80 Å². The Morgan fingerprint density at radius 1 is 0.400 bits per heavy atom. The number of rotatable bonds is 9. The van der Waals surface area contributed by atoms with E-state index in [0.717, 1.165) is 44.9 Å². The van der Waals surface area contributed by atoms with E-state index in [1.807, 2.05) is 0 Å². The van der Waals surface area contributed by atoms with Crippen LogP contribution in [-0.4, -0.2) is 0 Å². The molecule has 6 aliphatic carbocycles. The molecule has 0 fully saturated rings. The van der Waals surface area contributed by atoms with Crippen LogP contribution in [0.25, 0.3) is 33.4 Å². The molecule has 0 unspecified atom stereocenters. The summed E-state index contributed by atoms with van der Waals surface area (Å²) in [4.78, 5) is 5.12. The van der Waals surface area contributed by atoms with Gasteiger partial charge in [-0.15, -0.1) is 0 Å². The second-order valence-electron chi connectivity index (χ2n) is 27.3. The van der Waals surface area contributed by atoms with Crippen molar-refractivity contribution in [1.29, 1.82) is 0 Å². The molecule has 2 nitrogen and oxygen atoms in total. The molecule has 0 amide bonds. The molecular formula is C78H84N2. The quantitative estimate of drug-likeness (QED) is 0.142. The Kier molecular flexibility index (Phi) is 13.3. The smallest absolute Gasteiger partial charge is 0.0464 e. The van der Waals surface area contributed by atoms with Crippen molar-refractivity contribution in [2.24, 2.45) is 5.41 Å². The summed E-state index contributed by atoms with van der Waals surface area (Å²) >= 11 is 0. The fraction of sp³-hybridized carbons (Fsp3) is 0.333. The molecule has 6 aromatic carbocycles. The highest BCUT2D eigenvalue weighted by Gasteiger charge is 2.41. The second-order valence-corrected chi connectivity index (χ2v) is 27.3. The van der Waals surface area contributed by atoms with Gasteiger partial charge in [-0.05, 0) is 256 Å². The van der Waals surface area contributed by atoms with Crippen molar-refractivity contribution in [2.45, 2.75) is 165 Å². The van der Waals surface area contributed by atoms with E-state index in [1.54, 1.807) is 16.7 Å². The van der Waals surface area contributed by atoms with E-state index in [-0.39, 0.29) is 21.7 Å². The maximum atomic E-state index is 2.61. The van der Waals surface area contributed by atoms with Gasteiger partial charge in [0, 0.05) is 45.0 Å². The van der Waals surface area contributed by atoms with Gasteiger partial charge in [0.25, 0.3) is 0 Å². The van der Waals surface area contributed by atoms with Gasteiger partial charge >= 0.3 is 0 Å². The molecule has 80 heavy (non-hydrogen) atoms. The summed E-state index contributed by atoms with van der Waals surface area (Å²) in [5.41, 5.74) is 35.7. The predicted molar refractivity (Wildman–Crippen MR) is 344 cm³/mol. The first-order chi connectivity index (χ1) is 38.1. The highest BCUT2D eigenvalue weighted by atomic mass is 15.2. The Hall–Kier alpha value is -7.16. The first kappa shape index (κ1) is 53.5. The average Bonchev–Trinajstić information content (AvgIpc) is 4.05. The Labute approximate surface area is 480 Å². The van der Waals surface area contributed by atoms with Gasteiger partial charge in [-0.25, -0.2) is 0 Å². The molecule has 6 aromatic rings. The summed E-state index contributed by atoms with van der Waals surface area (Å²) in [5, 5.41) is 0. The summed E-state index contributed by atoms with van der Waals surface area (Å²) in [6.07, 6.45) is 25.9. The Balaban J connectivity index is 0.863. The first-order valence-corrected chi connectivity index (χ1v) is 30.0. The van der Waals surface area contributed by atoms with E-state index in [9.17, 15) is 0 Å². The van der Waals surface area contributed by atoms with Crippen molar-refractivity contribution in [3.05, 3.63) is 253 Å². The Morgan fingerprint density at radius 3 is 1.46 bits per heavy atom. The number of hydrogen-bond donors (Lipinski definition) is 0. The van der Waals surface area contributed by atoms with E-state index >= 15 is 0 Å². The molecule has 0 aromatic heterocycles. The number of benzene rings is 6. The maximum Gasteiger partial charge on any atom is 0.0464 e. The normalized spacial score (nSPS) is 18.1. The molecule has 12 rings (SSSR count). The Bertz CT molecular complexity index is 3790. The number of nitrogens with zero attached hydrogens (tertiary/aromatic N) is 2. The van der Waals surface area contributed by atoms with Gasteiger partial charge in [0.1, 0.15) is 0 Å². The monoisotopic (exact) mass is 1050 g/mol. The minimum Gasteiger partial charge on any atom is -0.315 e. The van der Waals surface area contributed by atoms with Crippen LogP contribution in [0.4, 0.5) is 17.1 Å². The predicted octanol–water partition coefficient (Wildman–Crippen LogP) is 21.6. The number of aryl methyl sites for hydroxylation is 4. The zero-order valence-electron chi connectivity index (χ0n) is 50.6. The van der Waals surface area contributed by atoms with E-state index < -0.39 is 0 Å². The lowest BCUT2D eigenvalue weighted by Gasteiger charge is -2.35. The van der Waals surface area contributed by atoms with Crippen molar-refractivity contribution in [3.63, 3.8) is 0 Å². The zero-order valence-corrected chi connectivity index (χ0v) is 50.6. The van der Waals surface area contributed by atoms with Crippen LogP contribution in [0.5, 0.6) is 0 Å². The van der Waals surface area contributed by atoms with Crippen LogP contribution in [0, 0.1) is 33.1 Å². The van der Waals surface area contributed by atoms with Gasteiger partial charge in [0.15, 0.2) is 0 Å². The van der Waals surface area contributed by atoms with Crippen LogP contribution < -0.4 is 9.80 Å². The van der Waals surface area contributed by atoms with Gasteiger partial charge in [-0.1, -0.05) is 172 Å². The average molecular weight is 1050 g/mol. The van der Waals surface area contributed by atoms with Crippen LogP contribution in [0.1, 0.15) is 176 Å². The third-order valence-corrected chi connectivity index (χ3v) is 19.1. The SMILES string of the molecule is Cc1cc(-c2cc(C)c(C3=CC(N(c4ccc(C(C)(C)C)cc4)c4ccc5c(c4)C(C)(C)c4ccccc4-5)=CCC3)cc2C)c(C)cc1C1=CC(N(C2=CC3=C(CC2)C2=C(C=CCC2)C3(C)C)c2ccc(C(C)(C)C)cc2)=CCC1. The molecule has 0 N–H and O–H groups in total. The number of allylic oxidation sites excluding steroid dienone is 14. The molecule has 0 saturated carbocycles. The fourth-order valence-corrected chi connectivity index (χ4v) is 14.5. The van der Waals surface area contributed by atoms with E-state index in [4.69, 9.17) is 0 Å². The first-order valence-electron chi connectivity index (χ1n) is 30.0. The molecule has 0 radical (unpaired) electrons. The number of hydrogen-bond acceptors (Lipinski definition) is 2. The van der Waals surface area contributed by atoms with Gasteiger partial charge in [0.2, 0.25) is 0 Å². The molecule has 0 bridgehead atoms. The highest BCUT2D eigenvalue weighted by molar-refractivity contribution is 5.87. The minimum absolute atomic E-state index is 0.00990. The van der Waals surface area contributed by atoms with Crippen LogP contribution in [-0.2, 0) is 16.2 Å². The van der Waals surface area contributed by atoms with Crippen LogP contribution in [0.15, 0.2) is 197 Å². The third kappa shape index (κ3) is 9.29. The topological polar surface area (TPSA) is 6.48 Å². The molecule has 0 spiro atoms. The molecule has 0 heterocycles. The lowest BCUT2D eigenvalue weighted by atomic mass is 9.77.